The lowest BCUT2D eigenvalue weighted by molar-refractivity contribution is -0.161. The van der Waals surface area contributed by atoms with Crippen LogP contribution in [-0.4, -0.2) is 53.3 Å². The van der Waals surface area contributed by atoms with Gasteiger partial charge in [-0.15, -0.1) is 0 Å². The Balaban J connectivity index is 1.78. The number of sulfone groups is 1. The standard InChI is InChI=1S/C16H18BrNO6S/c1-16(2)12(18-13(19)11(17)14(18)25(16,21)22)15(20)24-8-9-4-6-10(23-3)7-5-9/h4-7,11-12,14H,8H2,1-3H3/t11-,12-,14+/m0/s1. The summed E-state index contributed by atoms with van der Waals surface area (Å²) >= 11 is 3.09. The number of amides is 1. The van der Waals surface area contributed by atoms with Gasteiger partial charge in [-0.25, -0.2) is 13.2 Å². The Morgan fingerprint density at radius 2 is 1.88 bits per heavy atom. The highest BCUT2D eigenvalue weighted by molar-refractivity contribution is 9.10. The Labute approximate surface area is 154 Å². The van der Waals surface area contributed by atoms with Crippen LogP contribution in [0.15, 0.2) is 24.3 Å². The molecule has 1 amide bonds. The SMILES string of the molecule is COc1ccc(COC(=O)[C@@H]2N3C(=O)[C@H](Br)[C@H]3S(=O)(=O)C2(C)C)cc1. The van der Waals surface area contributed by atoms with E-state index in [9.17, 15) is 18.0 Å². The van der Waals surface area contributed by atoms with Crippen LogP contribution in [0.5, 0.6) is 5.75 Å². The predicted octanol–water partition coefficient (Wildman–Crippen LogP) is 1.25. The second-order valence-corrected chi connectivity index (χ2v) is 10.2. The van der Waals surface area contributed by atoms with Crippen molar-refractivity contribution in [3.8, 4) is 5.75 Å². The van der Waals surface area contributed by atoms with Crippen LogP contribution in [0, 0.1) is 0 Å². The van der Waals surface area contributed by atoms with Crippen molar-refractivity contribution in [1.29, 1.82) is 0 Å². The molecular formula is C16H18BrNO6S. The third kappa shape index (κ3) is 2.55. The number of β-lactam (4-membered cyclic amide) rings is 1. The Kier molecular flexibility index (Phi) is 4.35. The summed E-state index contributed by atoms with van der Waals surface area (Å²) in [5.74, 6) is -0.458. The fourth-order valence-electron chi connectivity index (χ4n) is 3.18. The van der Waals surface area contributed by atoms with E-state index >= 15 is 0 Å². The number of esters is 1. The van der Waals surface area contributed by atoms with Crippen LogP contribution in [0.25, 0.3) is 0 Å². The summed E-state index contributed by atoms with van der Waals surface area (Å²) in [6.07, 6.45) is 0. The molecule has 7 nitrogen and oxygen atoms in total. The monoisotopic (exact) mass is 431 g/mol. The molecule has 2 aliphatic rings. The highest BCUT2D eigenvalue weighted by atomic mass is 79.9. The third-order valence-electron chi connectivity index (χ3n) is 4.77. The zero-order valence-electron chi connectivity index (χ0n) is 13.9. The van der Waals surface area contributed by atoms with Gasteiger partial charge in [-0.3, -0.25) is 4.79 Å². The van der Waals surface area contributed by atoms with Gasteiger partial charge in [0.15, 0.2) is 15.2 Å². The van der Waals surface area contributed by atoms with Crippen molar-refractivity contribution in [1.82, 2.24) is 4.90 Å². The topological polar surface area (TPSA) is 90.0 Å². The van der Waals surface area contributed by atoms with Crippen LogP contribution in [-0.2, 0) is 30.8 Å². The molecule has 0 N–H and O–H groups in total. The molecule has 0 spiro atoms. The summed E-state index contributed by atoms with van der Waals surface area (Å²) in [6.45, 7) is 2.89. The molecule has 0 unspecified atom stereocenters. The lowest BCUT2D eigenvalue weighted by Gasteiger charge is -2.40. The largest absolute Gasteiger partial charge is 0.497 e. The first-order valence-electron chi connectivity index (χ1n) is 7.62. The van der Waals surface area contributed by atoms with Crippen LogP contribution in [0.3, 0.4) is 0 Å². The molecule has 2 heterocycles. The van der Waals surface area contributed by atoms with Gasteiger partial charge in [0, 0.05) is 0 Å². The van der Waals surface area contributed by atoms with Crippen molar-refractivity contribution < 1.29 is 27.5 Å². The Bertz CT molecular complexity index is 820. The minimum atomic E-state index is -3.69. The fraction of sp³-hybridized carbons (Fsp3) is 0.500. The van der Waals surface area contributed by atoms with Gasteiger partial charge in [0.2, 0.25) is 5.91 Å². The molecule has 3 atom stereocenters. The molecule has 0 aromatic heterocycles. The van der Waals surface area contributed by atoms with E-state index in [2.05, 4.69) is 15.9 Å². The molecule has 0 radical (unpaired) electrons. The van der Waals surface area contributed by atoms with Gasteiger partial charge in [0.05, 0.1) is 7.11 Å². The molecule has 0 aliphatic carbocycles. The third-order valence-corrected chi connectivity index (χ3v) is 8.83. The number of ether oxygens (including phenoxy) is 2. The maximum atomic E-state index is 12.6. The summed E-state index contributed by atoms with van der Waals surface area (Å²) in [4.78, 5) is 24.9. The number of carbonyl (C=O) groups is 2. The van der Waals surface area contributed by atoms with E-state index in [1.807, 2.05) is 0 Å². The Hall–Kier alpha value is -1.61. The summed E-state index contributed by atoms with van der Waals surface area (Å²) in [6, 6.07) is 5.81. The van der Waals surface area contributed by atoms with E-state index in [4.69, 9.17) is 9.47 Å². The van der Waals surface area contributed by atoms with Gasteiger partial charge in [-0.05, 0) is 31.5 Å². The Morgan fingerprint density at radius 3 is 2.44 bits per heavy atom. The van der Waals surface area contributed by atoms with E-state index in [1.54, 1.807) is 31.4 Å². The molecule has 2 saturated heterocycles. The molecule has 9 heteroatoms. The molecule has 25 heavy (non-hydrogen) atoms. The first-order chi connectivity index (χ1) is 11.6. The highest BCUT2D eigenvalue weighted by Gasteiger charge is 2.71. The van der Waals surface area contributed by atoms with Crippen LogP contribution in [0.1, 0.15) is 19.4 Å². The van der Waals surface area contributed by atoms with Crippen molar-refractivity contribution in [3.63, 3.8) is 0 Å². The summed E-state index contributed by atoms with van der Waals surface area (Å²) < 4.78 is 34.2. The van der Waals surface area contributed by atoms with Gasteiger partial charge in [0.25, 0.3) is 0 Å². The first-order valence-corrected chi connectivity index (χ1v) is 10.1. The second-order valence-electron chi connectivity index (χ2n) is 6.54. The summed E-state index contributed by atoms with van der Waals surface area (Å²) in [5.41, 5.74) is 0.734. The average Bonchev–Trinajstić information content (AvgIpc) is 2.73. The van der Waals surface area contributed by atoms with Gasteiger partial charge >= 0.3 is 5.97 Å². The average molecular weight is 432 g/mol. The van der Waals surface area contributed by atoms with Crippen molar-refractivity contribution in [2.75, 3.05) is 7.11 Å². The molecule has 0 bridgehead atoms. The van der Waals surface area contributed by atoms with Gasteiger partial charge < -0.3 is 14.4 Å². The number of benzene rings is 1. The van der Waals surface area contributed by atoms with Gasteiger partial charge in [0.1, 0.15) is 28.0 Å². The first kappa shape index (κ1) is 18.2. The van der Waals surface area contributed by atoms with Crippen molar-refractivity contribution >= 4 is 37.6 Å². The highest BCUT2D eigenvalue weighted by Crippen LogP contribution is 2.48. The van der Waals surface area contributed by atoms with Crippen molar-refractivity contribution in [3.05, 3.63) is 29.8 Å². The van der Waals surface area contributed by atoms with Crippen molar-refractivity contribution in [2.24, 2.45) is 0 Å². The molecule has 2 aliphatic heterocycles. The number of carbonyl (C=O) groups excluding carboxylic acids is 2. The number of alkyl halides is 1. The smallest absolute Gasteiger partial charge is 0.330 e. The maximum absolute atomic E-state index is 12.6. The number of methoxy groups -OCH3 is 1. The zero-order valence-corrected chi connectivity index (χ0v) is 16.3. The normalized spacial score (nSPS) is 28.9. The maximum Gasteiger partial charge on any atom is 0.330 e. The number of rotatable bonds is 4. The van der Waals surface area contributed by atoms with Gasteiger partial charge in [-0.2, -0.15) is 0 Å². The van der Waals surface area contributed by atoms with E-state index in [0.29, 0.717) is 5.75 Å². The summed E-state index contributed by atoms with van der Waals surface area (Å²) in [7, 11) is -2.14. The lowest BCUT2D eigenvalue weighted by atomic mass is 9.98. The number of fused-ring (bicyclic) bond motifs is 1. The minimum absolute atomic E-state index is 0.0140. The number of hydrogen-bond donors (Lipinski definition) is 0. The van der Waals surface area contributed by atoms with Crippen LogP contribution >= 0.6 is 15.9 Å². The van der Waals surface area contributed by atoms with Crippen LogP contribution < -0.4 is 4.74 Å². The molecule has 136 valence electrons. The predicted molar refractivity (Wildman–Crippen MR) is 92.9 cm³/mol. The van der Waals surface area contributed by atoms with Crippen LogP contribution in [0.4, 0.5) is 0 Å². The van der Waals surface area contributed by atoms with E-state index in [0.717, 1.165) is 10.5 Å². The molecule has 2 fully saturated rings. The minimum Gasteiger partial charge on any atom is -0.497 e. The van der Waals surface area contributed by atoms with E-state index in [-0.39, 0.29) is 6.61 Å². The van der Waals surface area contributed by atoms with E-state index < -0.39 is 42.7 Å². The van der Waals surface area contributed by atoms with Crippen LogP contribution in [0.2, 0.25) is 0 Å². The lowest BCUT2D eigenvalue weighted by Crippen LogP contribution is -2.64. The quantitative estimate of drug-likeness (QED) is 0.404. The molecule has 3 rings (SSSR count). The molecule has 1 aromatic rings. The number of hydrogen-bond acceptors (Lipinski definition) is 6. The number of nitrogens with zero attached hydrogens (tertiary/aromatic N) is 1. The number of halogens is 1. The van der Waals surface area contributed by atoms with Crippen molar-refractivity contribution in [2.45, 2.75) is 41.4 Å². The summed E-state index contributed by atoms with van der Waals surface area (Å²) in [5, 5.41) is -1.02. The fourth-order valence-corrected chi connectivity index (χ4v) is 6.63. The second kappa shape index (κ2) is 5.98. The Morgan fingerprint density at radius 1 is 1.28 bits per heavy atom. The zero-order chi connectivity index (χ0) is 18.6. The molecular weight excluding hydrogens is 414 g/mol. The van der Waals surface area contributed by atoms with Gasteiger partial charge in [-0.1, -0.05) is 28.1 Å². The molecule has 1 aromatic carbocycles. The molecule has 0 saturated carbocycles. The van der Waals surface area contributed by atoms with E-state index in [1.165, 1.54) is 13.8 Å².